The topological polar surface area (TPSA) is 11.4 Å². The van der Waals surface area contributed by atoms with Gasteiger partial charge in [0.1, 0.15) is 0 Å². The van der Waals surface area contributed by atoms with E-state index in [9.17, 15) is 0 Å². The van der Waals surface area contributed by atoms with Gasteiger partial charge in [0.2, 0.25) is 0 Å². The predicted molar refractivity (Wildman–Crippen MR) is 262 cm³/mol. The first-order valence-corrected chi connectivity index (χ1v) is 21.5. The quantitative estimate of drug-likeness (QED) is 0.142. The average Bonchev–Trinajstić information content (AvgIpc) is 3.79. The van der Waals surface area contributed by atoms with Crippen molar-refractivity contribution in [1.82, 2.24) is 4.57 Å². The van der Waals surface area contributed by atoms with Gasteiger partial charge in [-0.3, -0.25) is 0 Å². The summed E-state index contributed by atoms with van der Waals surface area (Å²) in [6.07, 6.45) is 0. The van der Waals surface area contributed by atoms with Gasteiger partial charge >= 0.3 is 0 Å². The molecule has 0 bridgehead atoms. The lowest BCUT2D eigenvalue weighted by Crippen LogP contribution is -2.16. The second-order valence-electron chi connectivity index (χ2n) is 17.0. The monoisotopic (exact) mass is 793 g/mol. The number of hydrogen-bond acceptors (Lipinski definition) is 2. The molecule has 1 heterocycles. The fourth-order valence-electron chi connectivity index (χ4n) is 10.2. The van der Waals surface area contributed by atoms with Gasteiger partial charge in [-0.25, -0.2) is 0 Å². The van der Waals surface area contributed by atoms with Crippen molar-refractivity contribution in [2.75, 3.05) is 9.80 Å². The third kappa shape index (κ3) is 5.59. The zero-order valence-electron chi connectivity index (χ0n) is 34.7. The van der Waals surface area contributed by atoms with Gasteiger partial charge in [-0.15, -0.1) is 0 Å². The summed E-state index contributed by atoms with van der Waals surface area (Å²) >= 11 is 0. The van der Waals surface area contributed by atoms with Crippen LogP contribution in [-0.4, -0.2) is 4.57 Å². The van der Waals surface area contributed by atoms with Gasteiger partial charge in [-0.1, -0.05) is 141 Å². The molecule has 0 atom stereocenters. The molecular formula is C59H43N3. The van der Waals surface area contributed by atoms with E-state index in [-0.39, 0.29) is 5.41 Å². The van der Waals surface area contributed by atoms with Crippen LogP contribution in [0, 0.1) is 0 Å². The van der Waals surface area contributed by atoms with Crippen molar-refractivity contribution in [3.8, 4) is 27.9 Å². The Morgan fingerprint density at radius 1 is 0.355 bits per heavy atom. The van der Waals surface area contributed by atoms with Crippen molar-refractivity contribution in [3.05, 3.63) is 236 Å². The number of para-hydroxylation sites is 3. The fourth-order valence-corrected chi connectivity index (χ4v) is 10.2. The van der Waals surface area contributed by atoms with Crippen LogP contribution in [0.1, 0.15) is 25.0 Å². The van der Waals surface area contributed by atoms with Crippen molar-refractivity contribution in [2.24, 2.45) is 0 Å². The summed E-state index contributed by atoms with van der Waals surface area (Å²) in [6.45, 7) is 4.71. The zero-order valence-corrected chi connectivity index (χ0v) is 34.7. The van der Waals surface area contributed by atoms with Crippen molar-refractivity contribution in [3.63, 3.8) is 0 Å². The first-order chi connectivity index (χ1) is 30.5. The third-order valence-corrected chi connectivity index (χ3v) is 13.1. The minimum absolute atomic E-state index is 0.121. The number of benzene rings is 10. The molecular weight excluding hydrogens is 751 g/mol. The molecule has 0 fully saturated rings. The molecule has 3 heteroatoms. The van der Waals surface area contributed by atoms with Crippen molar-refractivity contribution in [2.45, 2.75) is 19.3 Å². The lowest BCUT2D eigenvalue weighted by atomic mass is 9.82. The molecule has 12 rings (SSSR count). The highest BCUT2D eigenvalue weighted by atomic mass is 15.2. The molecule has 0 unspecified atom stereocenters. The van der Waals surface area contributed by atoms with Crippen molar-refractivity contribution in [1.29, 1.82) is 0 Å². The maximum atomic E-state index is 2.42. The van der Waals surface area contributed by atoms with Gasteiger partial charge in [0, 0.05) is 56.0 Å². The van der Waals surface area contributed by atoms with Gasteiger partial charge in [-0.05, 0) is 141 Å². The van der Waals surface area contributed by atoms with E-state index >= 15 is 0 Å². The molecule has 11 aromatic rings. The number of rotatable bonds is 8. The second kappa shape index (κ2) is 14.1. The molecule has 1 aliphatic carbocycles. The van der Waals surface area contributed by atoms with Gasteiger partial charge in [-0.2, -0.15) is 0 Å². The van der Waals surface area contributed by atoms with Crippen LogP contribution in [0.5, 0.6) is 0 Å². The van der Waals surface area contributed by atoms with Crippen LogP contribution < -0.4 is 9.80 Å². The van der Waals surface area contributed by atoms with Crippen LogP contribution in [0.25, 0.3) is 60.5 Å². The third-order valence-electron chi connectivity index (χ3n) is 13.1. The minimum atomic E-state index is -0.121. The number of anilines is 6. The second-order valence-corrected chi connectivity index (χ2v) is 17.0. The van der Waals surface area contributed by atoms with Gasteiger partial charge < -0.3 is 14.4 Å². The van der Waals surface area contributed by atoms with Gasteiger partial charge in [0.15, 0.2) is 0 Å². The Kier molecular flexibility index (Phi) is 8.20. The van der Waals surface area contributed by atoms with Crippen LogP contribution in [-0.2, 0) is 5.41 Å². The summed E-state index contributed by atoms with van der Waals surface area (Å²) in [5.41, 5.74) is 18.0. The highest BCUT2D eigenvalue weighted by Crippen LogP contribution is 2.51. The Hall–Kier alpha value is -7.88. The minimum Gasteiger partial charge on any atom is -0.311 e. The fraction of sp³-hybridized carbons (Fsp3) is 0.0508. The number of aromatic nitrogens is 1. The summed E-state index contributed by atoms with van der Waals surface area (Å²) < 4.78 is 2.41. The highest BCUT2D eigenvalue weighted by Gasteiger charge is 2.35. The molecule has 62 heavy (non-hydrogen) atoms. The molecule has 10 aromatic carbocycles. The number of fused-ring (bicyclic) bond motifs is 3. The summed E-state index contributed by atoms with van der Waals surface area (Å²) in [5, 5.41) is 5.16. The van der Waals surface area contributed by atoms with Gasteiger partial charge in [0.05, 0.1) is 11.0 Å². The summed E-state index contributed by atoms with van der Waals surface area (Å²) in [4.78, 5) is 4.73. The van der Waals surface area contributed by atoms with Crippen LogP contribution in [0.15, 0.2) is 224 Å². The Bertz CT molecular complexity index is 3360. The van der Waals surface area contributed by atoms with E-state index in [0.29, 0.717) is 0 Å². The van der Waals surface area contributed by atoms with Gasteiger partial charge in [0.25, 0.3) is 0 Å². The summed E-state index contributed by atoms with van der Waals surface area (Å²) in [7, 11) is 0. The lowest BCUT2D eigenvalue weighted by Gasteiger charge is -2.29. The van der Waals surface area contributed by atoms with Crippen LogP contribution in [0.2, 0.25) is 0 Å². The van der Waals surface area contributed by atoms with Crippen molar-refractivity contribution >= 4 is 66.7 Å². The van der Waals surface area contributed by atoms with Crippen LogP contribution in [0.4, 0.5) is 34.1 Å². The molecule has 0 amide bonds. The van der Waals surface area contributed by atoms with Crippen LogP contribution >= 0.6 is 0 Å². The number of hydrogen-bond donors (Lipinski definition) is 0. The van der Waals surface area contributed by atoms with E-state index in [2.05, 4.69) is 253 Å². The number of nitrogens with zero attached hydrogens (tertiary/aromatic N) is 3. The SMILES string of the molecule is CC1(C)c2ccccc2-c2ccc(N(c3ccc(-c4ccc5c6c4ccc4cccc(c46)n5-c4ccccc4)cc3)c3ccc(N(c4ccccc4)c4ccccc4)cc3)cc21. The largest absolute Gasteiger partial charge is 0.311 e. The van der Waals surface area contributed by atoms with E-state index in [1.807, 2.05) is 0 Å². The van der Waals surface area contributed by atoms with E-state index in [1.54, 1.807) is 0 Å². The molecule has 0 saturated heterocycles. The molecule has 3 nitrogen and oxygen atoms in total. The summed E-state index contributed by atoms with van der Waals surface area (Å²) in [6, 6.07) is 81.9. The molecule has 0 saturated carbocycles. The smallest absolute Gasteiger partial charge is 0.0547 e. The first kappa shape index (κ1) is 36.0. The zero-order chi connectivity index (χ0) is 41.4. The molecule has 0 N–H and O–H groups in total. The van der Waals surface area contributed by atoms with E-state index in [1.165, 1.54) is 71.6 Å². The molecule has 1 aliphatic rings. The van der Waals surface area contributed by atoms with E-state index in [4.69, 9.17) is 0 Å². The van der Waals surface area contributed by atoms with Crippen LogP contribution in [0.3, 0.4) is 0 Å². The molecule has 294 valence electrons. The molecule has 0 aliphatic heterocycles. The lowest BCUT2D eigenvalue weighted by molar-refractivity contribution is 0.660. The maximum absolute atomic E-state index is 2.42. The highest BCUT2D eigenvalue weighted by molar-refractivity contribution is 6.26. The Morgan fingerprint density at radius 3 is 1.55 bits per heavy atom. The van der Waals surface area contributed by atoms with E-state index in [0.717, 1.165) is 34.1 Å². The van der Waals surface area contributed by atoms with Crippen molar-refractivity contribution < 1.29 is 0 Å². The molecule has 0 spiro atoms. The maximum Gasteiger partial charge on any atom is 0.0547 e. The average molecular weight is 794 g/mol. The standard InChI is InChI=1S/C59H43N3/c1-59(2)53-23-13-12-22-50(53)51-36-34-48(39-54(51)59)61(47-32-30-46(31-33-47)60(42-16-6-3-7-17-42)43-18-8-4-9-19-43)45-28-25-40(26-29-45)49-37-38-56-58-52(49)35-27-41-15-14-24-55(57(41)58)62(56)44-20-10-5-11-21-44/h3-39H,1-2H3. The predicted octanol–water partition coefficient (Wildman–Crippen LogP) is 16.3. The summed E-state index contributed by atoms with van der Waals surface area (Å²) in [5.74, 6) is 0. The Labute approximate surface area is 362 Å². The molecule has 1 aromatic heterocycles. The first-order valence-electron chi connectivity index (χ1n) is 21.5. The normalized spacial score (nSPS) is 12.8. The van der Waals surface area contributed by atoms with E-state index < -0.39 is 0 Å². The Morgan fingerprint density at radius 2 is 0.871 bits per heavy atom. The molecule has 0 radical (unpaired) electrons. The Balaban J connectivity index is 0.984.